The van der Waals surface area contributed by atoms with Crippen LogP contribution >= 0.6 is 0 Å². The van der Waals surface area contributed by atoms with E-state index in [0.29, 0.717) is 16.7 Å². The summed E-state index contributed by atoms with van der Waals surface area (Å²) in [4.78, 5) is 0. The van der Waals surface area contributed by atoms with Crippen LogP contribution in [0.1, 0.15) is 97.8 Å². The number of allylic oxidation sites excluding steroid dienone is 2. The largest absolute Gasteiger partial charge is 0.353 e. The van der Waals surface area contributed by atoms with Crippen molar-refractivity contribution in [2.24, 2.45) is 40.4 Å². The number of hydrogen-bond donors (Lipinski definition) is 0. The summed E-state index contributed by atoms with van der Waals surface area (Å²) in [5, 5.41) is 0. The third-order valence-electron chi connectivity index (χ3n) is 10.5. The zero-order valence-corrected chi connectivity index (χ0v) is 19.3. The second kappa shape index (κ2) is 7.97. The molecule has 1 aliphatic heterocycles. The van der Waals surface area contributed by atoms with Gasteiger partial charge in [0, 0.05) is 6.61 Å². The topological polar surface area (TPSA) is 18.5 Å². The molecular formula is C27H44O2. The fourth-order valence-corrected chi connectivity index (χ4v) is 8.89. The molecule has 1 saturated heterocycles. The minimum atomic E-state index is 0.0695. The SMILES string of the molecule is CC(COC1CCCCO1)[C@H]1CC[C@H]2[C@@H]3CC=C4CCCC[C@]4(C)[C@H]3CC[C@]12C. The Morgan fingerprint density at radius 1 is 1.03 bits per heavy atom. The molecule has 2 nitrogen and oxygen atoms in total. The zero-order valence-electron chi connectivity index (χ0n) is 19.3. The summed E-state index contributed by atoms with van der Waals surface area (Å²) >= 11 is 0. The highest BCUT2D eigenvalue weighted by molar-refractivity contribution is 5.24. The average molecular weight is 401 g/mol. The molecular weight excluding hydrogens is 356 g/mol. The summed E-state index contributed by atoms with van der Waals surface area (Å²) in [6.45, 7) is 9.56. The average Bonchev–Trinajstić information content (AvgIpc) is 3.09. The summed E-state index contributed by atoms with van der Waals surface area (Å²) in [6, 6.07) is 0. The molecule has 0 aromatic rings. The van der Waals surface area contributed by atoms with E-state index in [2.05, 4.69) is 26.8 Å². The smallest absolute Gasteiger partial charge is 0.157 e. The van der Waals surface area contributed by atoms with Gasteiger partial charge in [-0.05, 0) is 111 Å². The van der Waals surface area contributed by atoms with E-state index in [4.69, 9.17) is 9.47 Å². The lowest BCUT2D eigenvalue weighted by Crippen LogP contribution is -2.50. The fraction of sp³-hybridized carbons (Fsp3) is 0.926. The van der Waals surface area contributed by atoms with Crippen molar-refractivity contribution in [2.45, 2.75) is 104 Å². The van der Waals surface area contributed by atoms with E-state index in [1.165, 1.54) is 70.6 Å². The molecule has 0 aromatic heterocycles. The van der Waals surface area contributed by atoms with E-state index in [1.807, 2.05) is 5.57 Å². The highest BCUT2D eigenvalue weighted by Gasteiger charge is 2.58. The lowest BCUT2D eigenvalue weighted by molar-refractivity contribution is -0.174. The minimum absolute atomic E-state index is 0.0695. The van der Waals surface area contributed by atoms with Crippen molar-refractivity contribution in [3.8, 4) is 0 Å². The predicted octanol–water partition coefficient (Wildman–Crippen LogP) is 7.13. The third kappa shape index (κ3) is 3.45. The van der Waals surface area contributed by atoms with Crippen LogP contribution in [0.3, 0.4) is 0 Å². The van der Waals surface area contributed by atoms with E-state index in [1.54, 1.807) is 0 Å². The summed E-state index contributed by atoms with van der Waals surface area (Å²) < 4.78 is 12.1. The molecule has 0 radical (unpaired) electrons. The fourth-order valence-electron chi connectivity index (χ4n) is 8.89. The van der Waals surface area contributed by atoms with Gasteiger partial charge in [0.15, 0.2) is 6.29 Å². The summed E-state index contributed by atoms with van der Waals surface area (Å²) in [7, 11) is 0. The van der Waals surface area contributed by atoms with Crippen molar-refractivity contribution in [3.63, 3.8) is 0 Å². The van der Waals surface area contributed by atoms with Crippen LogP contribution in [-0.2, 0) is 9.47 Å². The quantitative estimate of drug-likeness (QED) is 0.467. The van der Waals surface area contributed by atoms with Crippen LogP contribution in [0, 0.1) is 40.4 Å². The molecule has 3 saturated carbocycles. The van der Waals surface area contributed by atoms with Crippen LogP contribution in [0.15, 0.2) is 11.6 Å². The van der Waals surface area contributed by atoms with Crippen LogP contribution < -0.4 is 0 Å². The lowest BCUT2D eigenvalue weighted by atomic mass is 9.47. The van der Waals surface area contributed by atoms with Gasteiger partial charge in [-0.25, -0.2) is 0 Å². The van der Waals surface area contributed by atoms with Crippen LogP contribution in [0.4, 0.5) is 0 Å². The Morgan fingerprint density at radius 3 is 2.76 bits per heavy atom. The minimum Gasteiger partial charge on any atom is -0.353 e. The van der Waals surface area contributed by atoms with Gasteiger partial charge in [-0.2, -0.15) is 0 Å². The molecule has 2 heteroatoms. The number of ether oxygens (including phenoxy) is 2. The van der Waals surface area contributed by atoms with Gasteiger partial charge in [-0.3, -0.25) is 0 Å². The first-order valence-electron chi connectivity index (χ1n) is 12.9. The molecule has 29 heavy (non-hydrogen) atoms. The monoisotopic (exact) mass is 400 g/mol. The van der Waals surface area contributed by atoms with E-state index >= 15 is 0 Å². The summed E-state index contributed by atoms with van der Waals surface area (Å²) in [5.74, 6) is 4.34. The Hall–Kier alpha value is -0.340. The first-order valence-corrected chi connectivity index (χ1v) is 12.9. The molecule has 8 atom stereocenters. The number of hydrogen-bond acceptors (Lipinski definition) is 2. The molecule has 0 aromatic carbocycles. The molecule has 0 amide bonds. The maximum absolute atomic E-state index is 6.24. The third-order valence-corrected chi connectivity index (χ3v) is 10.5. The van der Waals surface area contributed by atoms with E-state index in [0.717, 1.165) is 43.3 Å². The Bertz CT molecular complexity index is 620. The van der Waals surface area contributed by atoms with Gasteiger partial charge in [-0.15, -0.1) is 0 Å². The van der Waals surface area contributed by atoms with E-state index in [9.17, 15) is 0 Å². The van der Waals surface area contributed by atoms with Crippen LogP contribution in [0.2, 0.25) is 0 Å². The first kappa shape index (κ1) is 20.6. The van der Waals surface area contributed by atoms with Crippen LogP contribution in [0.25, 0.3) is 0 Å². The Kier molecular flexibility index (Phi) is 5.65. The Morgan fingerprint density at radius 2 is 1.93 bits per heavy atom. The highest BCUT2D eigenvalue weighted by atomic mass is 16.7. The summed E-state index contributed by atoms with van der Waals surface area (Å²) in [6.07, 6.45) is 19.3. The van der Waals surface area contributed by atoms with Gasteiger partial charge in [0.1, 0.15) is 0 Å². The standard InChI is InChI=1S/C27H44O2/c1-19(18-29-25-9-5-7-17-28-25)22-12-13-23-21-11-10-20-8-4-6-15-26(20,2)24(21)14-16-27(22,23)3/h10,19,21-25H,4-9,11-18H2,1-3H3/t19?,21-,22+,23-,24-,25?,26-,27+/m0/s1. The van der Waals surface area contributed by atoms with Gasteiger partial charge in [0.2, 0.25) is 0 Å². The van der Waals surface area contributed by atoms with Crippen molar-refractivity contribution in [2.75, 3.05) is 13.2 Å². The molecule has 2 unspecified atom stereocenters. The first-order chi connectivity index (χ1) is 14.0. The molecule has 4 fully saturated rings. The van der Waals surface area contributed by atoms with E-state index < -0.39 is 0 Å². The normalized spacial score (nSPS) is 48.2. The number of fused-ring (bicyclic) bond motifs is 5. The summed E-state index contributed by atoms with van der Waals surface area (Å²) in [5.41, 5.74) is 2.92. The second-order valence-corrected chi connectivity index (χ2v) is 11.8. The van der Waals surface area contributed by atoms with Crippen molar-refractivity contribution >= 4 is 0 Å². The molecule has 0 N–H and O–H groups in total. The molecule has 4 aliphatic carbocycles. The van der Waals surface area contributed by atoms with Crippen molar-refractivity contribution in [1.29, 1.82) is 0 Å². The highest BCUT2D eigenvalue weighted by Crippen LogP contribution is 2.67. The van der Waals surface area contributed by atoms with Crippen molar-refractivity contribution < 1.29 is 9.47 Å². The Labute approximate surface area is 179 Å². The van der Waals surface area contributed by atoms with Gasteiger partial charge in [0.25, 0.3) is 0 Å². The van der Waals surface area contributed by atoms with Crippen LogP contribution in [0.5, 0.6) is 0 Å². The predicted molar refractivity (Wildman–Crippen MR) is 119 cm³/mol. The lowest BCUT2D eigenvalue weighted by Gasteiger charge is -2.58. The molecule has 0 spiro atoms. The number of rotatable bonds is 4. The molecule has 0 bridgehead atoms. The molecule has 5 rings (SSSR count). The molecule has 1 heterocycles. The van der Waals surface area contributed by atoms with Crippen molar-refractivity contribution in [1.82, 2.24) is 0 Å². The maximum atomic E-state index is 6.24. The van der Waals surface area contributed by atoms with Gasteiger partial charge >= 0.3 is 0 Å². The molecule has 5 aliphatic rings. The Balaban J connectivity index is 1.28. The van der Waals surface area contributed by atoms with E-state index in [-0.39, 0.29) is 6.29 Å². The van der Waals surface area contributed by atoms with Gasteiger partial charge in [0.05, 0.1) is 6.61 Å². The second-order valence-electron chi connectivity index (χ2n) is 11.8. The molecule has 164 valence electrons. The maximum Gasteiger partial charge on any atom is 0.157 e. The zero-order chi connectivity index (χ0) is 20.1. The van der Waals surface area contributed by atoms with Gasteiger partial charge in [-0.1, -0.05) is 38.8 Å². The van der Waals surface area contributed by atoms with Crippen LogP contribution in [-0.4, -0.2) is 19.5 Å². The van der Waals surface area contributed by atoms with Crippen molar-refractivity contribution in [3.05, 3.63) is 11.6 Å². The van der Waals surface area contributed by atoms with Gasteiger partial charge < -0.3 is 9.47 Å².